The van der Waals surface area contributed by atoms with Crippen molar-refractivity contribution in [2.24, 2.45) is 0 Å². The molecule has 5 nitrogen and oxygen atoms in total. The minimum atomic E-state index is -0.800. The molecule has 18 heavy (non-hydrogen) atoms. The highest BCUT2D eigenvalue weighted by Gasteiger charge is 2.24. The van der Waals surface area contributed by atoms with Gasteiger partial charge in [0.2, 0.25) is 0 Å². The van der Waals surface area contributed by atoms with Gasteiger partial charge in [0.25, 0.3) is 0 Å². The van der Waals surface area contributed by atoms with Gasteiger partial charge in [-0.15, -0.1) is 5.10 Å². The molecule has 0 saturated carbocycles. The van der Waals surface area contributed by atoms with Crippen LogP contribution in [0.5, 0.6) is 0 Å². The first-order valence-corrected chi connectivity index (χ1v) is 5.68. The zero-order valence-corrected chi connectivity index (χ0v) is 10.4. The summed E-state index contributed by atoms with van der Waals surface area (Å²) in [6, 6.07) is 7.69. The van der Waals surface area contributed by atoms with E-state index < -0.39 is 11.4 Å². The van der Waals surface area contributed by atoms with Gasteiger partial charge in [-0.1, -0.05) is 31.2 Å². The minimum Gasteiger partial charge on any atom is -0.481 e. The number of nitrogens with zero attached hydrogens (tertiary/aromatic N) is 3. The monoisotopic (exact) mass is 245 g/mol. The third kappa shape index (κ3) is 2.56. The lowest BCUT2D eigenvalue weighted by Gasteiger charge is -2.23. The molecular weight excluding hydrogens is 230 g/mol. The summed E-state index contributed by atoms with van der Waals surface area (Å²) < 4.78 is 1.65. The van der Waals surface area contributed by atoms with Crippen LogP contribution in [0.25, 0.3) is 5.69 Å². The maximum atomic E-state index is 10.9. The number of carbonyl (C=O) groups is 1. The van der Waals surface area contributed by atoms with Gasteiger partial charge in [-0.05, 0) is 17.7 Å². The minimum absolute atomic E-state index is 0.0911. The Bertz CT molecular complexity index is 547. The lowest BCUT2D eigenvalue weighted by molar-refractivity contribution is -0.138. The van der Waals surface area contributed by atoms with E-state index in [1.807, 2.05) is 38.1 Å². The average Bonchev–Trinajstić information content (AvgIpc) is 2.81. The van der Waals surface area contributed by atoms with Crippen molar-refractivity contribution in [2.45, 2.75) is 25.7 Å². The SMILES string of the molecule is CC(C)(CC(=O)O)c1cccc(-n2ccnn2)c1. The topological polar surface area (TPSA) is 68.0 Å². The summed E-state index contributed by atoms with van der Waals surface area (Å²) in [4.78, 5) is 10.9. The van der Waals surface area contributed by atoms with E-state index in [1.54, 1.807) is 17.1 Å². The third-order valence-corrected chi connectivity index (χ3v) is 2.91. The number of aromatic nitrogens is 3. The van der Waals surface area contributed by atoms with Crippen LogP contribution in [0.1, 0.15) is 25.8 Å². The Kier molecular flexibility index (Phi) is 3.14. The van der Waals surface area contributed by atoms with Crippen LogP contribution in [0.2, 0.25) is 0 Å². The van der Waals surface area contributed by atoms with Crippen molar-refractivity contribution in [3.63, 3.8) is 0 Å². The van der Waals surface area contributed by atoms with Crippen molar-refractivity contribution in [3.05, 3.63) is 42.2 Å². The summed E-state index contributed by atoms with van der Waals surface area (Å²) in [5.74, 6) is -0.800. The van der Waals surface area contributed by atoms with Crippen molar-refractivity contribution in [1.29, 1.82) is 0 Å². The number of carboxylic acids is 1. The third-order valence-electron chi connectivity index (χ3n) is 2.91. The van der Waals surface area contributed by atoms with Gasteiger partial charge in [0, 0.05) is 5.41 Å². The highest BCUT2D eigenvalue weighted by atomic mass is 16.4. The Balaban J connectivity index is 2.35. The summed E-state index contributed by atoms with van der Waals surface area (Å²) in [7, 11) is 0. The second-order valence-electron chi connectivity index (χ2n) is 4.85. The summed E-state index contributed by atoms with van der Waals surface area (Å²) in [6.07, 6.45) is 3.45. The highest BCUT2D eigenvalue weighted by Crippen LogP contribution is 2.28. The standard InChI is InChI=1S/C13H15N3O2/c1-13(2,9-12(17)18)10-4-3-5-11(8-10)16-7-6-14-15-16/h3-8H,9H2,1-2H3,(H,17,18). The highest BCUT2D eigenvalue weighted by molar-refractivity contribution is 5.69. The molecule has 0 spiro atoms. The molecule has 1 heterocycles. The molecule has 0 fully saturated rings. The van der Waals surface area contributed by atoms with Crippen LogP contribution in [0, 0.1) is 0 Å². The van der Waals surface area contributed by atoms with Gasteiger partial charge in [-0.25, -0.2) is 4.68 Å². The number of hydrogen-bond donors (Lipinski definition) is 1. The molecule has 2 rings (SSSR count). The average molecular weight is 245 g/mol. The predicted molar refractivity (Wildman–Crippen MR) is 66.6 cm³/mol. The fourth-order valence-corrected chi connectivity index (χ4v) is 1.90. The first-order valence-electron chi connectivity index (χ1n) is 5.68. The maximum Gasteiger partial charge on any atom is 0.304 e. The molecule has 1 aromatic carbocycles. The second-order valence-corrected chi connectivity index (χ2v) is 4.85. The lowest BCUT2D eigenvalue weighted by Crippen LogP contribution is -2.21. The quantitative estimate of drug-likeness (QED) is 0.894. The molecule has 94 valence electrons. The number of hydrogen-bond acceptors (Lipinski definition) is 3. The molecule has 0 radical (unpaired) electrons. The summed E-state index contributed by atoms with van der Waals surface area (Å²) in [5, 5.41) is 16.6. The Morgan fingerprint density at radius 3 is 2.83 bits per heavy atom. The molecule has 1 N–H and O–H groups in total. The molecule has 0 aliphatic heterocycles. The van der Waals surface area contributed by atoms with Gasteiger partial charge in [0.05, 0.1) is 24.5 Å². The normalized spacial score (nSPS) is 11.4. The molecule has 0 amide bonds. The predicted octanol–water partition coefficient (Wildman–Crippen LogP) is 2.02. The molecule has 0 saturated heterocycles. The van der Waals surface area contributed by atoms with Gasteiger partial charge in [0.1, 0.15) is 0 Å². The van der Waals surface area contributed by atoms with Crippen molar-refractivity contribution >= 4 is 5.97 Å². The molecule has 0 atom stereocenters. The van der Waals surface area contributed by atoms with Crippen LogP contribution in [0.15, 0.2) is 36.7 Å². The zero-order valence-electron chi connectivity index (χ0n) is 10.4. The van der Waals surface area contributed by atoms with E-state index in [4.69, 9.17) is 5.11 Å². The summed E-state index contributed by atoms with van der Waals surface area (Å²) in [5.41, 5.74) is 1.43. The van der Waals surface area contributed by atoms with E-state index in [-0.39, 0.29) is 6.42 Å². The number of carboxylic acid groups (broad SMARTS) is 1. The van der Waals surface area contributed by atoms with E-state index in [0.717, 1.165) is 11.3 Å². The number of aliphatic carboxylic acids is 1. The molecular formula is C13H15N3O2. The molecule has 1 aromatic heterocycles. The van der Waals surface area contributed by atoms with Gasteiger partial charge < -0.3 is 5.11 Å². The molecule has 0 aliphatic rings. The van der Waals surface area contributed by atoms with Crippen LogP contribution >= 0.6 is 0 Å². The van der Waals surface area contributed by atoms with Gasteiger partial charge in [0.15, 0.2) is 0 Å². The molecule has 0 unspecified atom stereocenters. The van der Waals surface area contributed by atoms with Crippen molar-refractivity contribution in [3.8, 4) is 5.69 Å². The number of rotatable bonds is 4. The van der Waals surface area contributed by atoms with Crippen molar-refractivity contribution in [2.75, 3.05) is 0 Å². The van der Waals surface area contributed by atoms with Crippen molar-refractivity contribution in [1.82, 2.24) is 15.0 Å². The van der Waals surface area contributed by atoms with Crippen LogP contribution in [0.3, 0.4) is 0 Å². The Labute approximate surface area is 105 Å². The largest absolute Gasteiger partial charge is 0.481 e. The van der Waals surface area contributed by atoms with E-state index in [0.29, 0.717) is 0 Å². The molecule has 0 bridgehead atoms. The summed E-state index contributed by atoms with van der Waals surface area (Å²) >= 11 is 0. The second kappa shape index (κ2) is 4.60. The Hall–Kier alpha value is -2.17. The fourth-order valence-electron chi connectivity index (χ4n) is 1.90. The smallest absolute Gasteiger partial charge is 0.304 e. The van der Waals surface area contributed by atoms with E-state index in [9.17, 15) is 4.79 Å². The van der Waals surface area contributed by atoms with E-state index >= 15 is 0 Å². The zero-order chi connectivity index (χ0) is 13.2. The molecule has 0 aliphatic carbocycles. The maximum absolute atomic E-state index is 10.9. The van der Waals surface area contributed by atoms with Gasteiger partial charge >= 0.3 is 5.97 Å². The first-order chi connectivity index (χ1) is 8.49. The van der Waals surface area contributed by atoms with Crippen LogP contribution in [-0.2, 0) is 10.2 Å². The van der Waals surface area contributed by atoms with E-state index in [1.165, 1.54) is 0 Å². The molecule has 5 heteroatoms. The fraction of sp³-hybridized carbons (Fsp3) is 0.308. The molecule has 2 aromatic rings. The van der Waals surface area contributed by atoms with Crippen LogP contribution in [0.4, 0.5) is 0 Å². The first kappa shape index (κ1) is 12.3. The Morgan fingerprint density at radius 2 is 2.22 bits per heavy atom. The lowest BCUT2D eigenvalue weighted by atomic mass is 9.81. The van der Waals surface area contributed by atoms with Gasteiger partial charge in [-0.2, -0.15) is 0 Å². The number of benzene rings is 1. The Morgan fingerprint density at radius 1 is 1.44 bits per heavy atom. The van der Waals surface area contributed by atoms with Crippen LogP contribution < -0.4 is 0 Å². The van der Waals surface area contributed by atoms with Crippen LogP contribution in [-0.4, -0.2) is 26.1 Å². The summed E-state index contributed by atoms with van der Waals surface area (Å²) in [6.45, 7) is 3.84. The van der Waals surface area contributed by atoms with Gasteiger partial charge in [-0.3, -0.25) is 4.79 Å². The van der Waals surface area contributed by atoms with E-state index in [2.05, 4.69) is 10.3 Å². The van der Waals surface area contributed by atoms with Crippen molar-refractivity contribution < 1.29 is 9.90 Å².